The Hall–Kier alpha value is -1.49. The Morgan fingerprint density at radius 2 is 2.00 bits per heavy atom. The lowest BCUT2D eigenvalue weighted by molar-refractivity contribution is 0.312. The molecule has 0 saturated heterocycles. The smallest absolute Gasteiger partial charge is 0.119 e. The molecule has 1 unspecified atom stereocenters. The second kappa shape index (κ2) is 6.90. The molecule has 86 valence electrons. The van der Waals surface area contributed by atoms with E-state index in [0.717, 1.165) is 18.6 Å². The molecule has 2 heteroatoms. The van der Waals surface area contributed by atoms with Crippen LogP contribution in [0.3, 0.4) is 0 Å². The minimum Gasteiger partial charge on any atom is -0.494 e. The van der Waals surface area contributed by atoms with Gasteiger partial charge in [0.05, 0.1) is 12.7 Å². The fourth-order valence-electron chi connectivity index (χ4n) is 1.47. The number of rotatable bonds is 6. The summed E-state index contributed by atoms with van der Waals surface area (Å²) in [6.07, 6.45) is 2.51. The summed E-state index contributed by atoms with van der Waals surface area (Å²) in [4.78, 5) is 0. The van der Waals surface area contributed by atoms with Crippen LogP contribution in [-0.4, -0.2) is 6.61 Å². The minimum atomic E-state index is 0.560. The lowest BCUT2D eigenvalue weighted by Crippen LogP contribution is -1.97. The molecule has 0 aromatic heterocycles. The van der Waals surface area contributed by atoms with E-state index in [1.54, 1.807) is 0 Å². The Morgan fingerprint density at radius 3 is 2.56 bits per heavy atom. The quantitative estimate of drug-likeness (QED) is 0.677. The SMILES string of the molecule is CCC(C)c1ccc(OCCCC#N)cc1. The number of hydrogen-bond donors (Lipinski definition) is 0. The topological polar surface area (TPSA) is 33.0 Å². The Balaban J connectivity index is 2.43. The largest absolute Gasteiger partial charge is 0.494 e. The standard InChI is InChI=1S/C14H19NO/c1-3-12(2)13-6-8-14(9-7-13)16-11-5-4-10-15/h6-9,12H,3-5,11H2,1-2H3. The highest BCUT2D eigenvalue weighted by molar-refractivity contribution is 5.29. The van der Waals surface area contributed by atoms with Gasteiger partial charge in [-0.25, -0.2) is 0 Å². The Morgan fingerprint density at radius 1 is 1.31 bits per heavy atom. The molecule has 0 fully saturated rings. The van der Waals surface area contributed by atoms with Gasteiger partial charge in [-0.05, 0) is 36.5 Å². The fourth-order valence-corrected chi connectivity index (χ4v) is 1.47. The van der Waals surface area contributed by atoms with Gasteiger partial charge in [0.2, 0.25) is 0 Å². The normalized spacial score (nSPS) is 11.8. The van der Waals surface area contributed by atoms with Crippen LogP contribution in [0, 0.1) is 11.3 Å². The van der Waals surface area contributed by atoms with Crippen molar-refractivity contribution in [2.24, 2.45) is 0 Å². The maximum atomic E-state index is 8.38. The summed E-state index contributed by atoms with van der Waals surface area (Å²) in [5.74, 6) is 1.50. The Bertz CT molecular complexity index is 337. The van der Waals surface area contributed by atoms with Gasteiger partial charge < -0.3 is 4.74 Å². The van der Waals surface area contributed by atoms with Gasteiger partial charge in [-0.2, -0.15) is 5.26 Å². The second-order valence-corrected chi connectivity index (χ2v) is 3.99. The third-order valence-electron chi connectivity index (χ3n) is 2.76. The van der Waals surface area contributed by atoms with E-state index in [2.05, 4.69) is 32.0 Å². The van der Waals surface area contributed by atoms with Crippen molar-refractivity contribution in [3.8, 4) is 11.8 Å². The molecule has 0 N–H and O–H groups in total. The average molecular weight is 217 g/mol. The summed E-state index contributed by atoms with van der Waals surface area (Å²) in [5, 5.41) is 8.38. The van der Waals surface area contributed by atoms with Crippen molar-refractivity contribution in [2.75, 3.05) is 6.61 Å². The molecule has 0 saturated carbocycles. The van der Waals surface area contributed by atoms with Crippen LogP contribution in [0.5, 0.6) is 5.75 Å². The van der Waals surface area contributed by atoms with Crippen molar-refractivity contribution >= 4 is 0 Å². The lowest BCUT2D eigenvalue weighted by Gasteiger charge is -2.10. The molecular weight excluding hydrogens is 198 g/mol. The molecule has 1 aromatic rings. The first kappa shape index (κ1) is 12.6. The summed E-state index contributed by atoms with van der Waals surface area (Å²) in [6, 6.07) is 10.4. The number of nitriles is 1. The molecule has 1 rings (SSSR count). The van der Waals surface area contributed by atoms with Gasteiger partial charge >= 0.3 is 0 Å². The molecule has 0 aliphatic rings. The van der Waals surface area contributed by atoms with Crippen molar-refractivity contribution in [3.05, 3.63) is 29.8 Å². The van der Waals surface area contributed by atoms with Crippen molar-refractivity contribution in [1.82, 2.24) is 0 Å². The molecule has 0 aliphatic carbocycles. The number of benzene rings is 1. The van der Waals surface area contributed by atoms with Crippen LogP contribution in [0.15, 0.2) is 24.3 Å². The summed E-state index contributed by atoms with van der Waals surface area (Å²) in [7, 11) is 0. The molecule has 0 radical (unpaired) electrons. The van der Waals surface area contributed by atoms with E-state index >= 15 is 0 Å². The van der Waals surface area contributed by atoms with Gasteiger partial charge in [0.15, 0.2) is 0 Å². The van der Waals surface area contributed by atoms with Gasteiger partial charge in [-0.3, -0.25) is 0 Å². The summed E-state index contributed by atoms with van der Waals surface area (Å²) >= 11 is 0. The van der Waals surface area contributed by atoms with Crippen LogP contribution >= 0.6 is 0 Å². The molecule has 0 spiro atoms. The second-order valence-electron chi connectivity index (χ2n) is 3.99. The molecule has 0 aliphatic heterocycles. The van der Waals surface area contributed by atoms with Crippen LogP contribution < -0.4 is 4.74 Å². The van der Waals surface area contributed by atoms with Crippen molar-refractivity contribution in [3.63, 3.8) is 0 Å². The predicted octanol–water partition coefficient (Wildman–Crippen LogP) is 3.88. The maximum absolute atomic E-state index is 8.38. The highest BCUT2D eigenvalue weighted by atomic mass is 16.5. The van der Waals surface area contributed by atoms with E-state index in [9.17, 15) is 0 Å². The molecule has 0 bridgehead atoms. The summed E-state index contributed by atoms with van der Waals surface area (Å²) in [6.45, 7) is 5.04. The highest BCUT2D eigenvalue weighted by Gasteiger charge is 2.02. The summed E-state index contributed by atoms with van der Waals surface area (Å²) < 4.78 is 5.53. The first-order valence-electron chi connectivity index (χ1n) is 5.87. The third-order valence-corrected chi connectivity index (χ3v) is 2.76. The molecule has 0 heterocycles. The highest BCUT2D eigenvalue weighted by Crippen LogP contribution is 2.21. The van der Waals surface area contributed by atoms with Crippen molar-refractivity contribution in [1.29, 1.82) is 5.26 Å². The van der Waals surface area contributed by atoms with E-state index < -0.39 is 0 Å². The van der Waals surface area contributed by atoms with Gasteiger partial charge in [0.25, 0.3) is 0 Å². The van der Waals surface area contributed by atoms with Crippen LogP contribution in [0.25, 0.3) is 0 Å². The maximum Gasteiger partial charge on any atom is 0.119 e. The van der Waals surface area contributed by atoms with Crippen LogP contribution in [-0.2, 0) is 0 Å². The Labute approximate surface area is 97.9 Å². The third kappa shape index (κ3) is 3.94. The molecular formula is C14H19NO. The first-order valence-corrected chi connectivity index (χ1v) is 5.87. The van der Waals surface area contributed by atoms with Gasteiger partial charge in [-0.1, -0.05) is 26.0 Å². The zero-order chi connectivity index (χ0) is 11.8. The molecule has 16 heavy (non-hydrogen) atoms. The minimum absolute atomic E-state index is 0.560. The fraction of sp³-hybridized carbons (Fsp3) is 0.500. The van der Waals surface area contributed by atoms with Crippen molar-refractivity contribution < 1.29 is 4.74 Å². The van der Waals surface area contributed by atoms with Gasteiger partial charge in [0, 0.05) is 6.42 Å². The van der Waals surface area contributed by atoms with E-state index in [4.69, 9.17) is 10.00 Å². The predicted molar refractivity (Wildman–Crippen MR) is 65.5 cm³/mol. The number of nitrogens with zero attached hydrogens (tertiary/aromatic N) is 1. The molecule has 1 atom stereocenters. The lowest BCUT2D eigenvalue weighted by atomic mass is 9.99. The summed E-state index contributed by atoms with van der Waals surface area (Å²) in [5.41, 5.74) is 1.35. The van der Waals surface area contributed by atoms with Gasteiger partial charge in [-0.15, -0.1) is 0 Å². The van der Waals surface area contributed by atoms with Crippen LogP contribution in [0.4, 0.5) is 0 Å². The van der Waals surface area contributed by atoms with E-state index in [1.807, 2.05) is 12.1 Å². The average Bonchev–Trinajstić information content (AvgIpc) is 2.34. The Kier molecular flexibility index (Phi) is 5.42. The molecule has 0 amide bonds. The number of hydrogen-bond acceptors (Lipinski definition) is 2. The molecule has 2 nitrogen and oxygen atoms in total. The van der Waals surface area contributed by atoms with E-state index in [0.29, 0.717) is 18.9 Å². The van der Waals surface area contributed by atoms with Crippen LogP contribution in [0.2, 0.25) is 0 Å². The zero-order valence-corrected chi connectivity index (χ0v) is 10.1. The monoisotopic (exact) mass is 217 g/mol. The van der Waals surface area contributed by atoms with Gasteiger partial charge in [0.1, 0.15) is 5.75 Å². The van der Waals surface area contributed by atoms with Crippen molar-refractivity contribution in [2.45, 2.75) is 39.0 Å². The zero-order valence-electron chi connectivity index (χ0n) is 10.1. The first-order chi connectivity index (χ1) is 7.77. The number of unbranched alkanes of at least 4 members (excludes halogenated alkanes) is 1. The molecule has 1 aromatic carbocycles. The van der Waals surface area contributed by atoms with E-state index in [-0.39, 0.29) is 0 Å². The van der Waals surface area contributed by atoms with Crippen LogP contribution in [0.1, 0.15) is 44.6 Å². The van der Waals surface area contributed by atoms with E-state index in [1.165, 1.54) is 5.56 Å². The number of ether oxygens (including phenoxy) is 1.